The molecule has 1 aliphatic carbocycles. The first-order valence-corrected chi connectivity index (χ1v) is 7.01. The maximum atomic E-state index is 6.34. The van der Waals surface area contributed by atoms with Crippen LogP contribution in [0.1, 0.15) is 17.2 Å². The Morgan fingerprint density at radius 2 is 2.26 bits per heavy atom. The second-order valence-electron chi connectivity index (χ2n) is 4.49. The number of ether oxygens (including phenoxy) is 1. The Morgan fingerprint density at radius 3 is 3.00 bits per heavy atom. The van der Waals surface area contributed by atoms with Crippen molar-refractivity contribution in [3.05, 3.63) is 47.9 Å². The Morgan fingerprint density at radius 1 is 1.37 bits per heavy atom. The van der Waals surface area contributed by atoms with Crippen LogP contribution in [0.3, 0.4) is 0 Å². The van der Waals surface area contributed by atoms with E-state index >= 15 is 0 Å². The normalized spacial score (nSPS) is 21.2. The largest absolute Gasteiger partial charge is 0.497 e. The van der Waals surface area contributed by atoms with Gasteiger partial charge in [0.05, 0.1) is 13.3 Å². The third kappa shape index (κ3) is 2.43. The maximum Gasteiger partial charge on any atom is 0.119 e. The molecule has 0 bridgehead atoms. The zero-order chi connectivity index (χ0) is 13.2. The van der Waals surface area contributed by atoms with Gasteiger partial charge in [0.2, 0.25) is 0 Å². The van der Waals surface area contributed by atoms with Crippen molar-refractivity contribution < 1.29 is 4.74 Å². The Bertz CT molecular complexity index is 576. The molecule has 2 atom stereocenters. The highest BCUT2D eigenvalue weighted by molar-refractivity contribution is 7.99. The highest BCUT2D eigenvalue weighted by Crippen LogP contribution is 2.40. The summed E-state index contributed by atoms with van der Waals surface area (Å²) in [5.74, 6) is 0.861. The third-order valence-corrected chi connectivity index (χ3v) is 4.56. The smallest absolute Gasteiger partial charge is 0.119 e. The van der Waals surface area contributed by atoms with Crippen molar-refractivity contribution in [1.29, 1.82) is 0 Å². The summed E-state index contributed by atoms with van der Waals surface area (Å²) in [5, 5.41) is 1.22. The van der Waals surface area contributed by atoms with Crippen molar-refractivity contribution in [2.75, 3.05) is 7.11 Å². The minimum Gasteiger partial charge on any atom is -0.497 e. The number of aromatic nitrogens is 2. The topological polar surface area (TPSA) is 61.0 Å². The van der Waals surface area contributed by atoms with Crippen molar-refractivity contribution >= 4 is 11.8 Å². The Labute approximate surface area is 116 Å². The first kappa shape index (κ1) is 12.4. The van der Waals surface area contributed by atoms with E-state index in [4.69, 9.17) is 10.5 Å². The quantitative estimate of drug-likeness (QED) is 0.929. The van der Waals surface area contributed by atoms with Gasteiger partial charge in [-0.25, -0.2) is 4.98 Å². The zero-order valence-electron chi connectivity index (χ0n) is 10.6. The molecule has 0 spiro atoms. The van der Waals surface area contributed by atoms with Crippen LogP contribution in [0.4, 0.5) is 0 Å². The van der Waals surface area contributed by atoms with E-state index in [1.54, 1.807) is 37.5 Å². The molecule has 19 heavy (non-hydrogen) atoms. The van der Waals surface area contributed by atoms with Crippen molar-refractivity contribution in [1.82, 2.24) is 9.97 Å². The number of thioether (sulfide) groups is 1. The minimum absolute atomic E-state index is 0.0112. The van der Waals surface area contributed by atoms with Crippen molar-refractivity contribution in [2.24, 2.45) is 5.73 Å². The van der Waals surface area contributed by atoms with Gasteiger partial charge in [0.15, 0.2) is 0 Å². The number of methoxy groups -OCH3 is 1. The number of hydrogen-bond acceptors (Lipinski definition) is 5. The van der Waals surface area contributed by atoms with E-state index in [1.807, 2.05) is 12.1 Å². The highest BCUT2D eigenvalue weighted by atomic mass is 32.2. The lowest BCUT2D eigenvalue weighted by Crippen LogP contribution is -2.19. The van der Waals surface area contributed by atoms with Gasteiger partial charge in [-0.05, 0) is 29.7 Å². The molecule has 5 heteroatoms. The number of nitrogens with two attached hydrogens (primary N) is 1. The number of fused-ring (bicyclic) bond motifs is 1. The maximum absolute atomic E-state index is 6.34. The van der Waals surface area contributed by atoms with E-state index in [-0.39, 0.29) is 6.04 Å². The summed E-state index contributed by atoms with van der Waals surface area (Å²) in [5.41, 5.74) is 8.82. The lowest BCUT2D eigenvalue weighted by molar-refractivity contribution is 0.414. The summed E-state index contributed by atoms with van der Waals surface area (Å²) >= 11 is 1.69. The highest BCUT2D eigenvalue weighted by Gasteiger charge is 2.31. The van der Waals surface area contributed by atoms with E-state index in [0.717, 1.165) is 17.2 Å². The molecule has 1 heterocycles. The van der Waals surface area contributed by atoms with Gasteiger partial charge in [0.1, 0.15) is 10.8 Å². The van der Waals surface area contributed by atoms with E-state index in [1.165, 1.54) is 11.1 Å². The van der Waals surface area contributed by atoms with E-state index < -0.39 is 0 Å². The molecule has 2 unspecified atom stereocenters. The van der Waals surface area contributed by atoms with Crippen LogP contribution in [-0.4, -0.2) is 22.3 Å². The van der Waals surface area contributed by atoms with Gasteiger partial charge >= 0.3 is 0 Å². The summed E-state index contributed by atoms with van der Waals surface area (Å²) in [7, 11) is 1.67. The summed E-state index contributed by atoms with van der Waals surface area (Å²) in [6, 6.07) is 6.14. The number of rotatable bonds is 3. The molecule has 1 aromatic heterocycles. The molecule has 98 valence electrons. The fraction of sp³-hybridized carbons (Fsp3) is 0.286. The second kappa shape index (κ2) is 5.19. The molecule has 1 aliphatic rings. The van der Waals surface area contributed by atoms with Crippen LogP contribution in [0.2, 0.25) is 0 Å². The summed E-state index contributed by atoms with van der Waals surface area (Å²) < 4.78 is 5.26. The van der Waals surface area contributed by atoms with Crippen LogP contribution in [-0.2, 0) is 6.42 Å². The van der Waals surface area contributed by atoms with Gasteiger partial charge < -0.3 is 10.5 Å². The van der Waals surface area contributed by atoms with E-state index in [2.05, 4.69) is 16.0 Å². The first-order chi connectivity index (χ1) is 9.28. The number of hydrogen-bond donors (Lipinski definition) is 1. The van der Waals surface area contributed by atoms with Crippen LogP contribution in [0.15, 0.2) is 41.8 Å². The molecule has 0 aliphatic heterocycles. The van der Waals surface area contributed by atoms with E-state index in [0.29, 0.717) is 5.25 Å². The average Bonchev–Trinajstić information content (AvgIpc) is 2.76. The fourth-order valence-corrected chi connectivity index (χ4v) is 3.47. The van der Waals surface area contributed by atoms with Crippen LogP contribution in [0, 0.1) is 0 Å². The Balaban J connectivity index is 1.81. The number of nitrogens with zero attached hydrogens (tertiary/aromatic N) is 2. The molecular weight excluding hydrogens is 258 g/mol. The van der Waals surface area contributed by atoms with Crippen LogP contribution in [0.5, 0.6) is 5.75 Å². The molecule has 0 fully saturated rings. The van der Waals surface area contributed by atoms with Gasteiger partial charge in [0.25, 0.3) is 0 Å². The van der Waals surface area contributed by atoms with Crippen molar-refractivity contribution in [3.8, 4) is 5.75 Å². The molecular formula is C14H15N3OS. The molecule has 2 N–H and O–H groups in total. The minimum atomic E-state index is 0.0112. The zero-order valence-corrected chi connectivity index (χ0v) is 11.4. The molecule has 0 amide bonds. The SMILES string of the molecule is COc1ccc2c(c1)C(N)C(Sc1cnccn1)C2. The monoisotopic (exact) mass is 273 g/mol. The summed E-state index contributed by atoms with van der Waals surface area (Å²) in [4.78, 5) is 8.38. The Kier molecular flexibility index (Phi) is 3.40. The van der Waals surface area contributed by atoms with Gasteiger partial charge in [-0.2, -0.15) is 0 Å². The van der Waals surface area contributed by atoms with Gasteiger partial charge in [0, 0.05) is 23.7 Å². The van der Waals surface area contributed by atoms with Gasteiger partial charge in [-0.1, -0.05) is 17.8 Å². The molecule has 3 rings (SSSR count). The van der Waals surface area contributed by atoms with Gasteiger partial charge in [-0.15, -0.1) is 0 Å². The van der Waals surface area contributed by atoms with Crippen LogP contribution >= 0.6 is 11.8 Å². The van der Waals surface area contributed by atoms with Crippen LogP contribution < -0.4 is 10.5 Å². The molecule has 2 aromatic rings. The fourth-order valence-electron chi connectivity index (χ4n) is 2.36. The summed E-state index contributed by atoms with van der Waals surface area (Å²) in [6.45, 7) is 0. The molecule has 1 aromatic carbocycles. The first-order valence-electron chi connectivity index (χ1n) is 6.13. The predicted octanol–water partition coefficient (Wildman–Crippen LogP) is 2.20. The standard InChI is InChI=1S/C14H15N3OS/c1-18-10-3-2-9-6-12(14(15)11(9)7-10)19-13-8-16-4-5-17-13/h2-5,7-8,12,14H,6,15H2,1H3. The van der Waals surface area contributed by atoms with Crippen LogP contribution in [0.25, 0.3) is 0 Å². The predicted molar refractivity (Wildman–Crippen MR) is 75.3 cm³/mol. The lowest BCUT2D eigenvalue weighted by atomic mass is 10.1. The molecule has 0 radical (unpaired) electrons. The molecule has 0 saturated heterocycles. The molecule has 0 saturated carbocycles. The second-order valence-corrected chi connectivity index (χ2v) is 5.75. The average molecular weight is 273 g/mol. The summed E-state index contributed by atoms with van der Waals surface area (Å²) in [6.07, 6.45) is 6.12. The lowest BCUT2D eigenvalue weighted by Gasteiger charge is -2.14. The number of benzene rings is 1. The van der Waals surface area contributed by atoms with Crippen molar-refractivity contribution in [3.63, 3.8) is 0 Å². The van der Waals surface area contributed by atoms with E-state index in [9.17, 15) is 0 Å². The van der Waals surface area contributed by atoms with Crippen molar-refractivity contribution in [2.45, 2.75) is 22.7 Å². The molecule has 4 nitrogen and oxygen atoms in total. The van der Waals surface area contributed by atoms with Gasteiger partial charge in [-0.3, -0.25) is 4.98 Å². The third-order valence-electron chi connectivity index (χ3n) is 3.35. The Hall–Kier alpha value is -1.59.